The molecule has 2 amide bonds. The summed E-state index contributed by atoms with van der Waals surface area (Å²) in [7, 11) is 0. The highest BCUT2D eigenvalue weighted by Gasteiger charge is 2.31. The molecule has 1 fully saturated rings. The molecule has 0 bridgehead atoms. The molecule has 4 heteroatoms. The van der Waals surface area contributed by atoms with E-state index in [4.69, 9.17) is 5.73 Å². The van der Waals surface area contributed by atoms with Gasteiger partial charge in [0.1, 0.15) is 0 Å². The zero-order valence-corrected chi connectivity index (χ0v) is 11.5. The summed E-state index contributed by atoms with van der Waals surface area (Å²) in [4.78, 5) is 24.7. The number of rotatable bonds is 8. The number of carbonyl (C=O) groups excluding carboxylic acids is 2. The quantitative estimate of drug-likeness (QED) is 0.533. The van der Waals surface area contributed by atoms with Crippen molar-refractivity contribution in [2.75, 3.05) is 6.54 Å². The van der Waals surface area contributed by atoms with E-state index in [1.54, 1.807) is 0 Å². The second-order valence-electron chi connectivity index (χ2n) is 5.15. The highest BCUT2D eigenvalue weighted by atomic mass is 16.2. The van der Waals surface area contributed by atoms with Crippen molar-refractivity contribution in [1.82, 2.24) is 4.90 Å². The third kappa shape index (κ3) is 4.77. The van der Waals surface area contributed by atoms with Gasteiger partial charge in [-0.15, -0.1) is 0 Å². The van der Waals surface area contributed by atoms with E-state index in [9.17, 15) is 9.59 Å². The largest absolute Gasteiger partial charge is 0.320 e. The van der Waals surface area contributed by atoms with Crippen LogP contribution in [0.3, 0.4) is 0 Å². The molecule has 0 aliphatic carbocycles. The van der Waals surface area contributed by atoms with Gasteiger partial charge in [0.15, 0.2) is 0 Å². The highest BCUT2D eigenvalue weighted by molar-refractivity contribution is 6.00. The van der Waals surface area contributed by atoms with Crippen molar-refractivity contribution in [3.05, 3.63) is 0 Å². The van der Waals surface area contributed by atoms with Crippen molar-refractivity contribution in [3.63, 3.8) is 0 Å². The third-order valence-electron chi connectivity index (χ3n) is 3.54. The van der Waals surface area contributed by atoms with Crippen molar-refractivity contribution in [2.45, 2.75) is 70.8 Å². The summed E-state index contributed by atoms with van der Waals surface area (Å²) >= 11 is 0. The van der Waals surface area contributed by atoms with Crippen LogP contribution in [0.4, 0.5) is 0 Å². The SMILES string of the molecule is CCCCCCCCCN1C(=O)CCC(N)C1=O. The molecule has 1 aliphatic heterocycles. The van der Waals surface area contributed by atoms with Crippen LogP contribution in [0.1, 0.15) is 64.7 Å². The van der Waals surface area contributed by atoms with Gasteiger partial charge in [0.25, 0.3) is 0 Å². The first kappa shape index (κ1) is 15.2. The monoisotopic (exact) mass is 254 g/mol. The molecule has 0 aromatic heterocycles. The number of nitrogens with zero attached hydrogens (tertiary/aromatic N) is 1. The van der Waals surface area contributed by atoms with E-state index in [0.717, 1.165) is 12.8 Å². The molecule has 1 saturated heterocycles. The maximum Gasteiger partial charge on any atom is 0.246 e. The molecule has 0 spiro atoms. The van der Waals surface area contributed by atoms with Crippen LogP contribution in [0.15, 0.2) is 0 Å². The van der Waals surface area contributed by atoms with E-state index in [-0.39, 0.29) is 11.8 Å². The predicted molar refractivity (Wildman–Crippen MR) is 71.9 cm³/mol. The Hall–Kier alpha value is -0.900. The molecule has 0 radical (unpaired) electrons. The van der Waals surface area contributed by atoms with Gasteiger partial charge in [0, 0.05) is 13.0 Å². The zero-order chi connectivity index (χ0) is 13.4. The molecular formula is C14H26N2O2. The van der Waals surface area contributed by atoms with E-state index in [1.807, 2.05) is 0 Å². The van der Waals surface area contributed by atoms with Crippen molar-refractivity contribution < 1.29 is 9.59 Å². The van der Waals surface area contributed by atoms with E-state index < -0.39 is 6.04 Å². The van der Waals surface area contributed by atoms with Crippen LogP contribution < -0.4 is 5.73 Å². The number of amides is 2. The van der Waals surface area contributed by atoms with E-state index >= 15 is 0 Å². The molecule has 0 aromatic rings. The second kappa shape index (κ2) is 8.25. The lowest BCUT2D eigenvalue weighted by Gasteiger charge is -2.28. The summed E-state index contributed by atoms with van der Waals surface area (Å²) in [6.07, 6.45) is 9.24. The summed E-state index contributed by atoms with van der Waals surface area (Å²) in [6.45, 7) is 2.76. The minimum atomic E-state index is -0.466. The van der Waals surface area contributed by atoms with Gasteiger partial charge in [-0.2, -0.15) is 0 Å². The van der Waals surface area contributed by atoms with Crippen molar-refractivity contribution in [3.8, 4) is 0 Å². The topological polar surface area (TPSA) is 63.4 Å². The van der Waals surface area contributed by atoms with Gasteiger partial charge in [0.2, 0.25) is 11.8 Å². The Balaban J connectivity index is 2.13. The van der Waals surface area contributed by atoms with Crippen LogP contribution >= 0.6 is 0 Å². The average molecular weight is 254 g/mol. The summed E-state index contributed by atoms with van der Waals surface area (Å²) in [5.41, 5.74) is 5.67. The number of likely N-dealkylation sites (tertiary alicyclic amines) is 1. The average Bonchev–Trinajstić information content (AvgIpc) is 2.36. The molecule has 18 heavy (non-hydrogen) atoms. The summed E-state index contributed by atoms with van der Waals surface area (Å²) < 4.78 is 0. The Bertz CT molecular complexity index is 279. The first-order chi connectivity index (χ1) is 8.66. The highest BCUT2D eigenvalue weighted by Crippen LogP contribution is 2.13. The van der Waals surface area contributed by atoms with Crippen LogP contribution in [-0.2, 0) is 9.59 Å². The van der Waals surface area contributed by atoms with Crippen molar-refractivity contribution in [1.29, 1.82) is 0 Å². The fourth-order valence-electron chi connectivity index (χ4n) is 2.32. The van der Waals surface area contributed by atoms with Gasteiger partial charge in [-0.05, 0) is 12.8 Å². The number of hydrogen-bond donors (Lipinski definition) is 1. The number of imide groups is 1. The number of carbonyl (C=O) groups is 2. The minimum absolute atomic E-state index is 0.0484. The lowest BCUT2D eigenvalue weighted by atomic mass is 10.0. The van der Waals surface area contributed by atoms with Crippen molar-refractivity contribution >= 4 is 11.8 Å². The molecule has 1 atom stereocenters. The summed E-state index contributed by atoms with van der Waals surface area (Å²) in [5, 5.41) is 0. The van der Waals surface area contributed by atoms with Crippen LogP contribution in [-0.4, -0.2) is 29.3 Å². The fraction of sp³-hybridized carbons (Fsp3) is 0.857. The Morgan fingerprint density at radius 3 is 2.39 bits per heavy atom. The van der Waals surface area contributed by atoms with Crippen molar-refractivity contribution in [2.24, 2.45) is 5.73 Å². The summed E-state index contributed by atoms with van der Waals surface area (Å²) in [6, 6.07) is -0.466. The third-order valence-corrected chi connectivity index (χ3v) is 3.54. The fourth-order valence-corrected chi connectivity index (χ4v) is 2.32. The van der Waals surface area contributed by atoms with Gasteiger partial charge in [-0.25, -0.2) is 0 Å². The Morgan fingerprint density at radius 2 is 1.72 bits per heavy atom. The number of hydrogen-bond acceptors (Lipinski definition) is 3. The first-order valence-electron chi connectivity index (χ1n) is 7.26. The number of piperidine rings is 1. The van der Waals surface area contributed by atoms with Crippen LogP contribution in [0.25, 0.3) is 0 Å². The molecular weight excluding hydrogens is 228 g/mol. The predicted octanol–water partition coefficient (Wildman–Crippen LogP) is 2.21. The molecule has 0 saturated carbocycles. The van der Waals surface area contributed by atoms with Gasteiger partial charge in [0.05, 0.1) is 6.04 Å². The molecule has 1 aliphatic rings. The van der Waals surface area contributed by atoms with Gasteiger partial charge < -0.3 is 5.73 Å². The Labute approximate surface area is 110 Å². The Morgan fingerprint density at radius 1 is 1.11 bits per heavy atom. The lowest BCUT2D eigenvalue weighted by Crippen LogP contribution is -2.51. The van der Waals surface area contributed by atoms with Gasteiger partial charge in [-0.1, -0.05) is 45.4 Å². The molecule has 2 N–H and O–H groups in total. The number of nitrogens with two attached hydrogens (primary N) is 1. The van der Waals surface area contributed by atoms with E-state index in [1.165, 1.54) is 37.0 Å². The smallest absolute Gasteiger partial charge is 0.246 e. The minimum Gasteiger partial charge on any atom is -0.320 e. The molecule has 1 rings (SSSR count). The maximum absolute atomic E-state index is 11.7. The standard InChI is InChI=1S/C14H26N2O2/c1-2-3-4-5-6-7-8-11-16-13(17)10-9-12(15)14(16)18/h12H,2-11,15H2,1H3. The van der Waals surface area contributed by atoms with E-state index in [0.29, 0.717) is 19.4 Å². The van der Waals surface area contributed by atoms with Crippen LogP contribution in [0.5, 0.6) is 0 Å². The van der Waals surface area contributed by atoms with E-state index in [2.05, 4.69) is 6.92 Å². The molecule has 0 aromatic carbocycles. The molecule has 104 valence electrons. The lowest BCUT2D eigenvalue weighted by molar-refractivity contribution is -0.149. The molecule has 4 nitrogen and oxygen atoms in total. The normalized spacial score (nSPS) is 20.6. The number of unbranched alkanes of at least 4 members (excludes halogenated alkanes) is 6. The van der Waals surface area contributed by atoms with Crippen LogP contribution in [0, 0.1) is 0 Å². The summed E-state index contributed by atoms with van der Waals surface area (Å²) in [5.74, 6) is -0.232. The van der Waals surface area contributed by atoms with Gasteiger partial charge in [-0.3, -0.25) is 14.5 Å². The molecule has 1 unspecified atom stereocenters. The van der Waals surface area contributed by atoms with Crippen LogP contribution in [0.2, 0.25) is 0 Å². The van der Waals surface area contributed by atoms with Gasteiger partial charge >= 0.3 is 0 Å². The Kier molecular flexibility index (Phi) is 6.94. The molecule has 1 heterocycles. The zero-order valence-electron chi connectivity index (χ0n) is 11.5. The maximum atomic E-state index is 11.7. The first-order valence-corrected chi connectivity index (χ1v) is 7.26. The second-order valence-corrected chi connectivity index (χ2v) is 5.15.